The molecule has 0 saturated heterocycles. The van der Waals surface area contributed by atoms with E-state index in [2.05, 4.69) is 25.2 Å². The smallest absolute Gasteiger partial charge is 0.0494 e. The number of hydrogen-bond acceptors (Lipinski definition) is 2. The number of nitrogens with one attached hydrogen (secondary N) is 1. The normalized spacial score (nSPS) is 17.2. The van der Waals surface area contributed by atoms with Crippen molar-refractivity contribution in [3.8, 4) is 0 Å². The minimum atomic E-state index is 0.0179. The average molecular weight is 197 g/mol. The Kier molecular flexibility index (Phi) is 4.63. The highest BCUT2D eigenvalue weighted by atomic mass is 16.3. The number of hydrogen-bond donors (Lipinski definition) is 2. The number of aliphatic hydroxyl groups is 1. The summed E-state index contributed by atoms with van der Waals surface area (Å²) in [6.07, 6.45) is 7.47. The van der Waals surface area contributed by atoms with Crippen LogP contribution < -0.4 is 5.32 Å². The Morgan fingerprint density at radius 1 is 1.50 bits per heavy atom. The second-order valence-corrected chi connectivity index (χ2v) is 5.00. The van der Waals surface area contributed by atoms with Crippen LogP contribution >= 0.6 is 0 Å². The quantitative estimate of drug-likeness (QED) is 0.505. The molecule has 0 fully saturated rings. The summed E-state index contributed by atoms with van der Waals surface area (Å²) in [7, 11) is 0. The molecule has 0 amide bonds. The Hall–Kier alpha value is -0.340. The molecule has 0 radical (unpaired) electrons. The highest BCUT2D eigenvalue weighted by Crippen LogP contribution is 2.20. The van der Waals surface area contributed by atoms with E-state index >= 15 is 0 Å². The SMILES string of the molecule is CC(C)(CO)CNCCC1=CCCC1. The monoisotopic (exact) mass is 197 g/mol. The maximum Gasteiger partial charge on any atom is 0.0494 e. The van der Waals surface area contributed by atoms with E-state index in [4.69, 9.17) is 5.11 Å². The standard InChI is InChI=1S/C12H23NO/c1-12(2,10-14)9-13-8-7-11-5-3-4-6-11/h5,13-14H,3-4,6-10H2,1-2H3. The van der Waals surface area contributed by atoms with Crippen LogP contribution in [-0.4, -0.2) is 24.8 Å². The fraction of sp³-hybridized carbons (Fsp3) is 0.833. The van der Waals surface area contributed by atoms with E-state index in [1.165, 1.54) is 25.7 Å². The first-order valence-corrected chi connectivity index (χ1v) is 5.63. The molecule has 14 heavy (non-hydrogen) atoms. The molecule has 2 heteroatoms. The van der Waals surface area contributed by atoms with Crippen molar-refractivity contribution in [3.05, 3.63) is 11.6 Å². The molecule has 2 N–H and O–H groups in total. The van der Waals surface area contributed by atoms with E-state index in [1.807, 2.05) is 0 Å². The first-order chi connectivity index (χ1) is 6.64. The fourth-order valence-corrected chi connectivity index (χ4v) is 1.70. The molecule has 0 unspecified atom stereocenters. The summed E-state index contributed by atoms with van der Waals surface area (Å²) >= 11 is 0. The van der Waals surface area contributed by atoms with Gasteiger partial charge in [0.25, 0.3) is 0 Å². The largest absolute Gasteiger partial charge is 0.396 e. The maximum atomic E-state index is 9.05. The van der Waals surface area contributed by atoms with E-state index in [9.17, 15) is 0 Å². The Bertz CT molecular complexity index is 196. The van der Waals surface area contributed by atoms with Gasteiger partial charge in [0.05, 0.1) is 0 Å². The highest BCUT2D eigenvalue weighted by Gasteiger charge is 2.15. The molecule has 0 aliphatic heterocycles. The average Bonchev–Trinajstić information content (AvgIpc) is 2.65. The van der Waals surface area contributed by atoms with Crippen LogP contribution in [0.1, 0.15) is 39.5 Å². The molecule has 1 aliphatic rings. The molecule has 0 saturated carbocycles. The van der Waals surface area contributed by atoms with E-state index in [0.29, 0.717) is 0 Å². The summed E-state index contributed by atoms with van der Waals surface area (Å²) in [5.74, 6) is 0. The van der Waals surface area contributed by atoms with Gasteiger partial charge in [0.1, 0.15) is 0 Å². The Morgan fingerprint density at radius 2 is 2.29 bits per heavy atom. The van der Waals surface area contributed by atoms with Gasteiger partial charge in [-0.05, 0) is 32.2 Å². The Morgan fingerprint density at radius 3 is 2.86 bits per heavy atom. The van der Waals surface area contributed by atoms with Gasteiger partial charge in [-0.1, -0.05) is 25.5 Å². The van der Waals surface area contributed by atoms with Gasteiger partial charge in [-0.3, -0.25) is 0 Å². The maximum absolute atomic E-state index is 9.05. The molecule has 1 aliphatic carbocycles. The van der Waals surface area contributed by atoms with Crippen molar-refractivity contribution in [2.24, 2.45) is 5.41 Å². The van der Waals surface area contributed by atoms with Crippen LogP contribution in [0.5, 0.6) is 0 Å². The van der Waals surface area contributed by atoms with Gasteiger partial charge < -0.3 is 10.4 Å². The predicted octanol–water partition coefficient (Wildman–Crippen LogP) is 2.09. The van der Waals surface area contributed by atoms with Crippen molar-refractivity contribution in [2.75, 3.05) is 19.7 Å². The van der Waals surface area contributed by atoms with Crippen LogP contribution in [0.25, 0.3) is 0 Å². The summed E-state index contributed by atoms with van der Waals surface area (Å²) in [6, 6.07) is 0. The Balaban J connectivity index is 2.04. The zero-order valence-corrected chi connectivity index (χ0v) is 9.47. The van der Waals surface area contributed by atoms with Crippen molar-refractivity contribution in [2.45, 2.75) is 39.5 Å². The minimum Gasteiger partial charge on any atom is -0.396 e. The lowest BCUT2D eigenvalue weighted by atomic mass is 9.95. The molecule has 0 aromatic rings. The molecule has 1 rings (SSSR count). The van der Waals surface area contributed by atoms with E-state index < -0.39 is 0 Å². The highest BCUT2D eigenvalue weighted by molar-refractivity contribution is 5.07. The van der Waals surface area contributed by atoms with Crippen LogP contribution in [0.2, 0.25) is 0 Å². The third kappa shape index (κ3) is 4.25. The Labute approximate surface area is 87.4 Å². The van der Waals surface area contributed by atoms with E-state index in [0.717, 1.165) is 13.1 Å². The first kappa shape index (κ1) is 11.7. The minimum absolute atomic E-state index is 0.0179. The summed E-state index contributed by atoms with van der Waals surface area (Å²) in [6.45, 7) is 6.36. The molecule has 0 heterocycles. The van der Waals surface area contributed by atoms with Gasteiger partial charge in [-0.2, -0.15) is 0 Å². The zero-order valence-electron chi connectivity index (χ0n) is 9.47. The van der Waals surface area contributed by atoms with Gasteiger partial charge >= 0.3 is 0 Å². The van der Waals surface area contributed by atoms with Crippen LogP contribution in [-0.2, 0) is 0 Å². The summed E-state index contributed by atoms with van der Waals surface area (Å²) in [4.78, 5) is 0. The first-order valence-electron chi connectivity index (χ1n) is 5.63. The van der Waals surface area contributed by atoms with Crippen molar-refractivity contribution in [1.82, 2.24) is 5.32 Å². The van der Waals surface area contributed by atoms with E-state index in [-0.39, 0.29) is 12.0 Å². The van der Waals surface area contributed by atoms with E-state index in [1.54, 1.807) is 5.57 Å². The number of allylic oxidation sites excluding steroid dienone is 1. The molecule has 2 nitrogen and oxygen atoms in total. The number of rotatable bonds is 6. The fourth-order valence-electron chi connectivity index (χ4n) is 1.70. The molecular formula is C12H23NO. The van der Waals surface area contributed by atoms with Crippen molar-refractivity contribution in [3.63, 3.8) is 0 Å². The molecule has 82 valence electrons. The molecule has 0 spiro atoms. The third-order valence-electron chi connectivity index (χ3n) is 2.79. The van der Waals surface area contributed by atoms with Crippen molar-refractivity contribution >= 4 is 0 Å². The van der Waals surface area contributed by atoms with Gasteiger partial charge in [-0.15, -0.1) is 0 Å². The number of aliphatic hydroxyl groups excluding tert-OH is 1. The summed E-state index contributed by atoms with van der Waals surface area (Å²) in [5, 5.41) is 12.5. The zero-order chi connectivity index (χ0) is 10.4. The van der Waals surface area contributed by atoms with Gasteiger partial charge in [0.15, 0.2) is 0 Å². The molecular weight excluding hydrogens is 174 g/mol. The van der Waals surface area contributed by atoms with Crippen LogP contribution in [0.4, 0.5) is 0 Å². The second-order valence-electron chi connectivity index (χ2n) is 5.00. The lowest BCUT2D eigenvalue weighted by molar-refractivity contribution is 0.157. The third-order valence-corrected chi connectivity index (χ3v) is 2.79. The van der Waals surface area contributed by atoms with Crippen molar-refractivity contribution in [1.29, 1.82) is 0 Å². The second kappa shape index (κ2) is 5.52. The molecule has 0 atom stereocenters. The summed E-state index contributed by atoms with van der Waals surface area (Å²) < 4.78 is 0. The van der Waals surface area contributed by atoms with Crippen LogP contribution in [0.15, 0.2) is 11.6 Å². The lowest BCUT2D eigenvalue weighted by Gasteiger charge is -2.21. The van der Waals surface area contributed by atoms with Crippen molar-refractivity contribution < 1.29 is 5.11 Å². The molecule has 0 aromatic carbocycles. The molecule has 0 bridgehead atoms. The predicted molar refractivity (Wildman–Crippen MR) is 60.3 cm³/mol. The molecule has 0 aromatic heterocycles. The van der Waals surface area contributed by atoms with Crippen LogP contribution in [0, 0.1) is 5.41 Å². The lowest BCUT2D eigenvalue weighted by Crippen LogP contribution is -2.32. The van der Waals surface area contributed by atoms with Crippen LogP contribution in [0.3, 0.4) is 0 Å². The summed E-state index contributed by atoms with van der Waals surface area (Å²) in [5.41, 5.74) is 1.63. The van der Waals surface area contributed by atoms with Gasteiger partial charge in [-0.25, -0.2) is 0 Å². The topological polar surface area (TPSA) is 32.3 Å². The van der Waals surface area contributed by atoms with Gasteiger partial charge in [0.2, 0.25) is 0 Å². The van der Waals surface area contributed by atoms with Gasteiger partial charge in [0, 0.05) is 18.6 Å².